The van der Waals surface area contributed by atoms with Crippen LogP contribution in [-0.2, 0) is 0 Å². The van der Waals surface area contributed by atoms with Crippen LogP contribution in [0.15, 0.2) is 42.5 Å². The van der Waals surface area contributed by atoms with Crippen molar-refractivity contribution < 1.29 is 9.53 Å². The van der Waals surface area contributed by atoms with Crippen LogP contribution in [0, 0.1) is 6.92 Å². The average molecular weight is 390 g/mol. The van der Waals surface area contributed by atoms with Crippen molar-refractivity contribution in [1.29, 1.82) is 0 Å². The van der Waals surface area contributed by atoms with Gasteiger partial charge < -0.3 is 4.74 Å². The van der Waals surface area contributed by atoms with Crippen LogP contribution in [0.1, 0.15) is 33.3 Å². The Hall–Kier alpha value is -2.11. The van der Waals surface area contributed by atoms with Crippen molar-refractivity contribution in [2.45, 2.75) is 46.7 Å². The molecule has 0 fully saturated rings. The molecule has 0 aliphatic carbocycles. The van der Waals surface area contributed by atoms with E-state index in [1.807, 2.05) is 31.2 Å². The molecule has 5 nitrogen and oxygen atoms in total. The van der Waals surface area contributed by atoms with E-state index in [4.69, 9.17) is 16.3 Å². The second kappa shape index (κ2) is 9.72. The fourth-order valence-corrected chi connectivity index (χ4v) is 3.28. The highest BCUT2D eigenvalue weighted by Gasteiger charge is 2.23. The zero-order chi connectivity index (χ0) is 20.0. The molecule has 0 aliphatic rings. The van der Waals surface area contributed by atoms with Gasteiger partial charge >= 0.3 is 6.09 Å². The third-order valence-electron chi connectivity index (χ3n) is 4.28. The third-order valence-corrected chi connectivity index (χ3v) is 4.47. The van der Waals surface area contributed by atoms with Gasteiger partial charge in [-0.25, -0.2) is 9.78 Å². The fourth-order valence-electron chi connectivity index (χ4n) is 3.02. The number of carbonyl (C=O) groups excluding carboxylic acids is 1. The third kappa shape index (κ3) is 6.22. The summed E-state index contributed by atoms with van der Waals surface area (Å²) >= 11 is 6.12. The fraction of sp³-hybridized carbons (Fsp3) is 0.429. The van der Waals surface area contributed by atoms with Crippen molar-refractivity contribution in [3.8, 4) is 5.75 Å². The minimum absolute atomic E-state index is 0.354. The summed E-state index contributed by atoms with van der Waals surface area (Å²) in [6, 6.07) is 13.4. The second-order valence-corrected chi connectivity index (χ2v) is 7.47. The number of anilines is 1. The summed E-state index contributed by atoms with van der Waals surface area (Å²) in [4.78, 5) is 21.1. The van der Waals surface area contributed by atoms with Crippen molar-refractivity contribution in [2.75, 3.05) is 18.0 Å². The van der Waals surface area contributed by atoms with E-state index in [9.17, 15) is 4.79 Å². The predicted molar refractivity (Wildman–Crippen MR) is 111 cm³/mol. The van der Waals surface area contributed by atoms with Gasteiger partial charge in [-0.1, -0.05) is 29.8 Å². The Morgan fingerprint density at radius 1 is 1.07 bits per heavy atom. The van der Waals surface area contributed by atoms with Crippen LogP contribution < -0.4 is 9.64 Å². The lowest BCUT2D eigenvalue weighted by molar-refractivity contribution is 0.174. The van der Waals surface area contributed by atoms with Crippen LogP contribution in [0.25, 0.3) is 0 Å². The summed E-state index contributed by atoms with van der Waals surface area (Å²) < 4.78 is 5.55. The Morgan fingerprint density at radius 3 is 2.26 bits per heavy atom. The number of amides is 1. The van der Waals surface area contributed by atoms with Gasteiger partial charge in [0, 0.05) is 25.2 Å². The van der Waals surface area contributed by atoms with E-state index < -0.39 is 6.09 Å². The average Bonchev–Trinajstić information content (AvgIpc) is 2.57. The van der Waals surface area contributed by atoms with Gasteiger partial charge in [-0.05, 0) is 64.4 Å². The number of aryl methyl sites for hydroxylation is 1. The van der Waals surface area contributed by atoms with Gasteiger partial charge in [-0.3, -0.25) is 9.80 Å². The molecular weight excluding hydrogens is 362 g/mol. The Balaban J connectivity index is 2.26. The summed E-state index contributed by atoms with van der Waals surface area (Å²) in [5, 5.41) is 0.354. The Morgan fingerprint density at radius 2 is 1.70 bits per heavy atom. The van der Waals surface area contributed by atoms with Crippen molar-refractivity contribution in [3.63, 3.8) is 0 Å². The number of carbonyl (C=O) groups is 1. The molecule has 0 unspecified atom stereocenters. The van der Waals surface area contributed by atoms with E-state index in [-0.39, 0.29) is 0 Å². The van der Waals surface area contributed by atoms with Crippen LogP contribution in [-0.4, -0.2) is 41.2 Å². The highest BCUT2D eigenvalue weighted by atomic mass is 35.5. The summed E-state index contributed by atoms with van der Waals surface area (Å²) in [5.74, 6) is 0.990. The Kier molecular flexibility index (Phi) is 7.63. The molecule has 27 heavy (non-hydrogen) atoms. The monoisotopic (exact) mass is 389 g/mol. The molecule has 0 atom stereocenters. The standard InChI is InChI=1S/C21H28ClN3O2/c1-15(2)24(16(3)4)11-12-25(20-14-17(5)13-19(22)23-20)21(26)27-18-9-7-6-8-10-18/h6-10,13-16H,11-12H2,1-5H3. The quantitative estimate of drug-likeness (QED) is 0.613. The van der Waals surface area contributed by atoms with Crippen molar-refractivity contribution in [3.05, 3.63) is 53.2 Å². The van der Waals surface area contributed by atoms with E-state index in [2.05, 4.69) is 37.6 Å². The smallest absolute Gasteiger partial charge is 0.410 e. The maximum atomic E-state index is 12.9. The molecule has 2 aromatic rings. The molecule has 0 saturated carbocycles. The molecule has 1 aromatic heterocycles. The number of aromatic nitrogens is 1. The number of ether oxygens (including phenoxy) is 1. The summed E-state index contributed by atoms with van der Waals surface area (Å²) in [6.45, 7) is 11.7. The Bertz CT molecular complexity index is 722. The zero-order valence-electron chi connectivity index (χ0n) is 16.6. The topological polar surface area (TPSA) is 45.7 Å². The molecule has 1 aromatic carbocycles. The minimum atomic E-state index is -0.470. The molecule has 0 aliphatic heterocycles. The zero-order valence-corrected chi connectivity index (χ0v) is 17.4. The number of rotatable bonds is 7. The number of para-hydroxylation sites is 1. The van der Waals surface area contributed by atoms with Gasteiger partial charge in [0.05, 0.1) is 0 Å². The highest BCUT2D eigenvalue weighted by molar-refractivity contribution is 6.29. The number of pyridine rings is 1. The first-order valence-corrected chi connectivity index (χ1v) is 9.60. The number of benzene rings is 1. The molecule has 2 rings (SSSR count). The molecule has 1 heterocycles. The van der Waals surface area contributed by atoms with Gasteiger partial charge in [0.25, 0.3) is 0 Å². The van der Waals surface area contributed by atoms with Gasteiger partial charge in [0.15, 0.2) is 0 Å². The minimum Gasteiger partial charge on any atom is -0.410 e. The van der Waals surface area contributed by atoms with E-state index in [0.29, 0.717) is 41.9 Å². The lowest BCUT2D eigenvalue weighted by Crippen LogP contribution is -2.45. The molecular formula is C21H28ClN3O2. The summed E-state index contributed by atoms with van der Waals surface area (Å²) in [6.07, 6.45) is -0.470. The van der Waals surface area contributed by atoms with E-state index in [1.54, 1.807) is 23.1 Å². The van der Waals surface area contributed by atoms with Crippen LogP contribution >= 0.6 is 11.6 Å². The lowest BCUT2D eigenvalue weighted by atomic mass is 10.2. The lowest BCUT2D eigenvalue weighted by Gasteiger charge is -2.32. The van der Waals surface area contributed by atoms with Gasteiger partial charge in [-0.15, -0.1) is 0 Å². The van der Waals surface area contributed by atoms with Gasteiger partial charge in [0.2, 0.25) is 0 Å². The van der Waals surface area contributed by atoms with E-state index in [0.717, 1.165) is 5.56 Å². The number of hydrogen-bond acceptors (Lipinski definition) is 4. The number of hydrogen-bond donors (Lipinski definition) is 0. The molecule has 0 N–H and O–H groups in total. The van der Waals surface area contributed by atoms with Crippen molar-refractivity contribution >= 4 is 23.5 Å². The first kappa shape index (κ1) is 21.2. The largest absolute Gasteiger partial charge is 0.420 e. The molecule has 0 spiro atoms. The first-order valence-electron chi connectivity index (χ1n) is 9.22. The second-order valence-electron chi connectivity index (χ2n) is 7.08. The summed E-state index contributed by atoms with van der Waals surface area (Å²) in [7, 11) is 0. The maximum Gasteiger partial charge on any atom is 0.420 e. The number of halogens is 1. The summed E-state index contributed by atoms with van der Waals surface area (Å²) in [5.41, 5.74) is 0.937. The molecule has 146 valence electrons. The number of nitrogens with zero attached hydrogens (tertiary/aromatic N) is 3. The van der Waals surface area contributed by atoms with Gasteiger partial charge in [-0.2, -0.15) is 0 Å². The normalized spacial score (nSPS) is 11.3. The molecule has 0 saturated heterocycles. The van der Waals surface area contributed by atoms with Crippen LogP contribution in [0.5, 0.6) is 5.75 Å². The molecule has 1 amide bonds. The van der Waals surface area contributed by atoms with Crippen LogP contribution in [0.3, 0.4) is 0 Å². The predicted octanol–water partition coefficient (Wildman–Crippen LogP) is 5.17. The van der Waals surface area contributed by atoms with Gasteiger partial charge in [0.1, 0.15) is 16.7 Å². The molecule has 0 bridgehead atoms. The SMILES string of the molecule is Cc1cc(Cl)nc(N(CCN(C(C)C)C(C)C)C(=O)Oc2ccccc2)c1. The van der Waals surface area contributed by atoms with E-state index in [1.165, 1.54) is 0 Å². The molecule has 6 heteroatoms. The van der Waals surface area contributed by atoms with Crippen molar-refractivity contribution in [1.82, 2.24) is 9.88 Å². The van der Waals surface area contributed by atoms with Crippen molar-refractivity contribution in [2.24, 2.45) is 0 Å². The first-order chi connectivity index (χ1) is 12.8. The highest BCUT2D eigenvalue weighted by Crippen LogP contribution is 2.20. The molecule has 0 radical (unpaired) electrons. The van der Waals surface area contributed by atoms with Crippen LogP contribution in [0.2, 0.25) is 5.15 Å². The Labute approximate surface area is 166 Å². The van der Waals surface area contributed by atoms with E-state index >= 15 is 0 Å². The maximum absolute atomic E-state index is 12.9. The van der Waals surface area contributed by atoms with Crippen LogP contribution in [0.4, 0.5) is 10.6 Å².